The lowest BCUT2D eigenvalue weighted by atomic mass is 10.0. The highest BCUT2D eigenvalue weighted by Crippen LogP contribution is 2.19. The first-order valence-electron chi connectivity index (χ1n) is 11.4. The Kier molecular flexibility index (Phi) is 12.7. The lowest BCUT2D eigenvalue weighted by Gasteiger charge is -2.21. The van der Waals surface area contributed by atoms with Crippen LogP contribution in [0.5, 0.6) is 0 Å². The highest BCUT2D eigenvalue weighted by molar-refractivity contribution is 14.0. The summed E-state index contributed by atoms with van der Waals surface area (Å²) >= 11 is 0. The molecule has 32 heavy (non-hydrogen) atoms. The summed E-state index contributed by atoms with van der Waals surface area (Å²) in [6.07, 6.45) is 5.66. The van der Waals surface area contributed by atoms with Crippen molar-refractivity contribution in [2.45, 2.75) is 39.5 Å². The topological polar surface area (TPSA) is 80.9 Å². The van der Waals surface area contributed by atoms with E-state index in [9.17, 15) is 0 Å². The normalized spacial score (nSPS) is 14.8. The third-order valence-electron chi connectivity index (χ3n) is 5.28. The quantitative estimate of drug-likeness (QED) is 0.187. The molecule has 0 spiro atoms. The number of rotatable bonds is 11. The van der Waals surface area contributed by atoms with Crippen LogP contribution in [-0.2, 0) is 15.9 Å². The first kappa shape index (κ1) is 26.6. The van der Waals surface area contributed by atoms with Crippen molar-refractivity contribution in [1.29, 1.82) is 0 Å². The Balaban J connectivity index is 0.00000363. The van der Waals surface area contributed by atoms with Crippen molar-refractivity contribution in [3.63, 3.8) is 0 Å². The largest absolute Gasteiger partial charge is 0.444 e. The minimum absolute atomic E-state index is 0. The first-order chi connectivity index (χ1) is 15.2. The maximum Gasteiger partial charge on any atom is 0.226 e. The van der Waals surface area contributed by atoms with Crippen molar-refractivity contribution in [1.82, 2.24) is 15.6 Å². The molecule has 7 nitrogen and oxygen atoms in total. The number of halogens is 1. The van der Waals surface area contributed by atoms with Gasteiger partial charge in [-0.3, -0.25) is 4.99 Å². The number of aliphatic imine (C=N–C) groups is 1. The van der Waals surface area contributed by atoms with Gasteiger partial charge >= 0.3 is 0 Å². The average molecular weight is 556 g/mol. The number of ether oxygens (including phenoxy) is 2. The molecule has 1 aliphatic heterocycles. The number of guanidine groups is 1. The summed E-state index contributed by atoms with van der Waals surface area (Å²) in [5.74, 6) is 2.14. The summed E-state index contributed by atoms with van der Waals surface area (Å²) in [6.45, 7) is 9.79. The molecule has 0 atom stereocenters. The number of aromatic nitrogens is 1. The van der Waals surface area contributed by atoms with Gasteiger partial charge in [-0.05, 0) is 51.2 Å². The van der Waals surface area contributed by atoms with Crippen LogP contribution in [0.1, 0.15) is 37.4 Å². The Bertz CT molecular complexity index is 789. The number of benzene rings is 1. The van der Waals surface area contributed by atoms with Crippen LogP contribution in [0.4, 0.5) is 0 Å². The molecule has 178 valence electrons. The molecule has 2 heterocycles. The van der Waals surface area contributed by atoms with E-state index in [1.807, 2.05) is 12.1 Å². The van der Waals surface area contributed by atoms with Gasteiger partial charge in [0.25, 0.3) is 0 Å². The standard InChI is InChI=1S/C24H36N4O3.HI/c1-3-25-24(26-12-4-14-30-17-20-10-15-29-16-11-20)27-13-9-22-18-31-23(28-22)21-7-5-19(2)6-8-21;/h5-8,18,20H,3-4,9-17H2,1-2H3,(H2,25,26,27);1H. The van der Waals surface area contributed by atoms with E-state index in [2.05, 4.69) is 46.6 Å². The van der Waals surface area contributed by atoms with Gasteiger partial charge in [-0.25, -0.2) is 4.98 Å². The van der Waals surface area contributed by atoms with E-state index < -0.39 is 0 Å². The third-order valence-corrected chi connectivity index (χ3v) is 5.28. The zero-order valence-corrected chi connectivity index (χ0v) is 21.6. The van der Waals surface area contributed by atoms with Crippen molar-refractivity contribution < 1.29 is 13.9 Å². The lowest BCUT2D eigenvalue weighted by molar-refractivity contribution is 0.0205. The fraction of sp³-hybridized carbons (Fsp3) is 0.583. The zero-order chi connectivity index (χ0) is 21.7. The molecule has 8 heteroatoms. The molecule has 3 rings (SSSR count). The average Bonchev–Trinajstić information content (AvgIpc) is 3.26. The molecule has 0 saturated carbocycles. The summed E-state index contributed by atoms with van der Waals surface area (Å²) < 4.78 is 16.8. The molecule has 0 unspecified atom stereocenters. The third kappa shape index (κ3) is 9.46. The van der Waals surface area contributed by atoms with Crippen LogP contribution in [0.15, 0.2) is 39.9 Å². The minimum atomic E-state index is 0. The SMILES string of the molecule is CCNC(=NCCCOCC1CCOCC1)NCCc1coc(-c2ccc(C)cc2)n1.I. The predicted molar refractivity (Wildman–Crippen MR) is 139 cm³/mol. The Morgan fingerprint density at radius 3 is 2.72 bits per heavy atom. The van der Waals surface area contributed by atoms with Gasteiger partial charge in [0, 0.05) is 58.0 Å². The van der Waals surface area contributed by atoms with E-state index in [0.717, 1.165) is 89.0 Å². The number of nitrogens with zero attached hydrogens (tertiary/aromatic N) is 2. The summed E-state index contributed by atoms with van der Waals surface area (Å²) in [5, 5.41) is 6.66. The molecule has 0 radical (unpaired) electrons. The Hall–Kier alpha value is -1.65. The smallest absolute Gasteiger partial charge is 0.226 e. The maximum atomic E-state index is 5.81. The fourth-order valence-corrected chi connectivity index (χ4v) is 3.42. The Morgan fingerprint density at radius 2 is 1.97 bits per heavy atom. The van der Waals surface area contributed by atoms with Gasteiger partial charge in [0.1, 0.15) is 6.26 Å². The molecule has 0 amide bonds. The van der Waals surface area contributed by atoms with Crippen LogP contribution in [0, 0.1) is 12.8 Å². The van der Waals surface area contributed by atoms with Gasteiger partial charge in [0.05, 0.1) is 5.69 Å². The van der Waals surface area contributed by atoms with Crippen molar-refractivity contribution in [2.24, 2.45) is 10.9 Å². The van der Waals surface area contributed by atoms with E-state index >= 15 is 0 Å². The Morgan fingerprint density at radius 1 is 1.19 bits per heavy atom. The van der Waals surface area contributed by atoms with Crippen LogP contribution in [0.2, 0.25) is 0 Å². The van der Waals surface area contributed by atoms with Crippen molar-refractivity contribution in [3.05, 3.63) is 41.8 Å². The molecule has 1 fully saturated rings. The van der Waals surface area contributed by atoms with Gasteiger partial charge in [0.2, 0.25) is 5.89 Å². The van der Waals surface area contributed by atoms with Crippen molar-refractivity contribution in [2.75, 3.05) is 46.1 Å². The van der Waals surface area contributed by atoms with Crippen LogP contribution in [0.3, 0.4) is 0 Å². The molecule has 1 aliphatic rings. The van der Waals surface area contributed by atoms with Crippen LogP contribution >= 0.6 is 24.0 Å². The second-order valence-corrected chi connectivity index (χ2v) is 7.93. The summed E-state index contributed by atoms with van der Waals surface area (Å²) in [5.41, 5.74) is 3.15. The fourth-order valence-electron chi connectivity index (χ4n) is 3.42. The molecular weight excluding hydrogens is 519 g/mol. The molecule has 2 N–H and O–H groups in total. The van der Waals surface area contributed by atoms with Gasteiger partial charge in [-0.1, -0.05) is 17.7 Å². The summed E-state index contributed by atoms with van der Waals surface area (Å²) in [4.78, 5) is 9.24. The van der Waals surface area contributed by atoms with E-state index in [1.54, 1.807) is 6.26 Å². The molecule has 1 aromatic carbocycles. The number of nitrogens with one attached hydrogen (secondary N) is 2. The molecule has 2 aromatic rings. The Labute approximate surface area is 208 Å². The molecule has 0 aliphatic carbocycles. The number of hydrogen-bond acceptors (Lipinski definition) is 5. The number of aryl methyl sites for hydroxylation is 1. The van der Waals surface area contributed by atoms with Crippen LogP contribution in [0.25, 0.3) is 11.5 Å². The molecule has 0 bridgehead atoms. The second kappa shape index (κ2) is 15.2. The lowest BCUT2D eigenvalue weighted by Crippen LogP contribution is -2.38. The van der Waals surface area contributed by atoms with Crippen molar-refractivity contribution in [3.8, 4) is 11.5 Å². The molecule has 1 aromatic heterocycles. The van der Waals surface area contributed by atoms with Crippen LogP contribution in [-0.4, -0.2) is 57.0 Å². The van der Waals surface area contributed by atoms with E-state index in [4.69, 9.17) is 13.9 Å². The summed E-state index contributed by atoms with van der Waals surface area (Å²) in [7, 11) is 0. The van der Waals surface area contributed by atoms with Gasteiger partial charge in [0.15, 0.2) is 5.96 Å². The first-order valence-corrected chi connectivity index (χ1v) is 11.4. The predicted octanol–water partition coefficient (Wildman–Crippen LogP) is 4.20. The van der Waals surface area contributed by atoms with Crippen LogP contribution < -0.4 is 10.6 Å². The van der Waals surface area contributed by atoms with Gasteiger partial charge in [-0.15, -0.1) is 24.0 Å². The second-order valence-electron chi connectivity index (χ2n) is 7.93. The van der Waals surface area contributed by atoms with E-state index in [0.29, 0.717) is 11.8 Å². The van der Waals surface area contributed by atoms with E-state index in [-0.39, 0.29) is 24.0 Å². The molecular formula is C24H37IN4O3. The van der Waals surface area contributed by atoms with Gasteiger partial charge in [-0.2, -0.15) is 0 Å². The van der Waals surface area contributed by atoms with Crippen molar-refractivity contribution >= 4 is 29.9 Å². The minimum Gasteiger partial charge on any atom is -0.444 e. The summed E-state index contributed by atoms with van der Waals surface area (Å²) in [6, 6.07) is 8.20. The van der Waals surface area contributed by atoms with Gasteiger partial charge < -0.3 is 24.5 Å². The maximum absolute atomic E-state index is 5.81. The zero-order valence-electron chi connectivity index (χ0n) is 19.3. The highest BCUT2D eigenvalue weighted by Gasteiger charge is 2.13. The molecule has 1 saturated heterocycles. The number of oxazole rings is 1. The highest BCUT2D eigenvalue weighted by atomic mass is 127. The monoisotopic (exact) mass is 556 g/mol. The number of hydrogen-bond donors (Lipinski definition) is 2. The van der Waals surface area contributed by atoms with E-state index in [1.165, 1.54) is 5.56 Å².